The van der Waals surface area contributed by atoms with E-state index in [1.807, 2.05) is 0 Å². The van der Waals surface area contributed by atoms with Crippen LogP contribution >= 0.6 is 0 Å². The van der Waals surface area contributed by atoms with Crippen molar-refractivity contribution in [2.24, 2.45) is 0 Å². The molecule has 1 aliphatic heterocycles. The number of hydrazine groups is 1. The highest BCUT2D eigenvalue weighted by Crippen LogP contribution is 2.38. The molecule has 2 aliphatic rings. The van der Waals surface area contributed by atoms with Gasteiger partial charge in [-0.2, -0.15) is 0 Å². The van der Waals surface area contributed by atoms with Crippen LogP contribution in [0, 0.1) is 0 Å². The van der Waals surface area contributed by atoms with Gasteiger partial charge in [0.25, 0.3) is 0 Å². The van der Waals surface area contributed by atoms with E-state index in [4.69, 9.17) is 0 Å². The Morgan fingerprint density at radius 3 is 2.64 bits per heavy atom. The quantitative estimate of drug-likeness (QED) is 0.563. The highest BCUT2D eigenvalue weighted by Gasteiger charge is 2.42. The van der Waals surface area contributed by atoms with Gasteiger partial charge in [0.15, 0.2) is 0 Å². The van der Waals surface area contributed by atoms with Crippen molar-refractivity contribution < 1.29 is 4.79 Å². The van der Waals surface area contributed by atoms with Gasteiger partial charge in [-0.1, -0.05) is 12.8 Å². The molecule has 2 rings (SSSR count). The molecule has 1 saturated carbocycles. The van der Waals surface area contributed by atoms with E-state index in [1.54, 1.807) is 5.01 Å². The first-order valence-corrected chi connectivity index (χ1v) is 4.36. The van der Waals surface area contributed by atoms with E-state index in [0.29, 0.717) is 0 Å². The Morgan fingerprint density at radius 1 is 1.27 bits per heavy atom. The molecule has 11 heavy (non-hydrogen) atoms. The van der Waals surface area contributed by atoms with Gasteiger partial charge < -0.3 is 0 Å². The Balaban J connectivity index is 2.15. The predicted molar refractivity (Wildman–Crippen MR) is 41.7 cm³/mol. The summed E-state index contributed by atoms with van der Waals surface area (Å²) >= 11 is 0. The van der Waals surface area contributed by atoms with Crippen molar-refractivity contribution in [2.75, 3.05) is 6.54 Å². The van der Waals surface area contributed by atoms with Crippen LogP contribution in [0.25, 0.3) is 0 Å². The third kappa shape index (κ3) is 0.948. The lowest BCUT2D eigenvalue weighted by atomic mass is 9.95. The van der Waals surface area contributed by atoms with E-state index in [9.17, 15) is 4.79 Å². The van der Waals surface area contributed by atoms with Gasteiger partial charge in [0.1, 0.15) is 0 Å². The zero-order valence-electron chi connectivity index (χ0n) is 6.68. The van der Waals surface area contributed by atoms with Crippen LogP contribution in [0.3, 0.4) is 0 Å². The van der Waals surface area contributed by atoms with Crippen LogP contribution in [0.15, 0.2) is 0 Å². The number of hydrogen-bond donors (Lipinski definition) is 1. The molecule has 3 nitrogen and oxygen atoms in total. The molecule has 0 aromatic heterocycles. The lowest BCUT2D eigenvalue weighted by molar-refractivity contribution is -0.124. The number of carbonyl (C=O) groups is 1. The molecule has 1 aliphatic carbocycles. The molecular weight excluding hydrogens is 140 g/mol. The highest BCUT2D eigenvalue weighted by atomic mass is 16.1. The van der Waals surface area contributed by atoms with Crippen molar-refractivity contribution in [2.45, 2.75) is 37.6 Å². The lowest BCUT2D eigenvalue weighted by Gasteiger charge is -2.30. The van der Waals surface area contributed by atoms with Crippen molar-refractivity contribution in [3.8, 4) is 0 Å². The van der Waals surface area contributed by atoms with Gasteiger partial charge in [-0.3, -0.25) is 9.80 Å². The van der Waals surface area contributed by atoms with Gasteiger partial charge >= 0.3 is 0 Å². The predicted octanol–water partition coefficient (Wildman–Crippen LogP) is 0.666. The Bertz CT molecular complexity index is 158. The Kier molecular flexibility index (Phi) is 1.60. The molecule has 1 amide bonds. The van der Waals surface area contributed by atoms with E-state index < -0.39 is 0 Å². The molecule has 1 saturated heterocycles. The second-order valence-corrected chi connectivity index (χ2v) is 3.56. The summed E-state index contributed by atoms with van der Waals surface area (Å²) in [6.45, 7) is 0.971. The fraction of sp³-hybridized carbons (Fsp3) is 0.875. The fourth-order valence-electron chi connectivity index (χ4n) is 2.37. The summed E-state index contributed by atoms with van der Waals surface area (Å²) in [5.74, 6) is 0. The molecular formula is C8H14N2O. The summed E-state index contributed by atoms with van der Waals surface area (Å²) in [5, 5.41) is 1.79. The summed E-state index contributed by atoms with van der Waals surface area (Å²) in [5.41, 5.74) is 3.31. The van der Waals surface area contributed by atoms with Gasteiger partial charge in [-0.05, 0) is 19.3 Å². The summed E-state index contributed by atoms with van der Waals surface area (Å²) < 4.78 is 0. The Labute approximate surface area is 66.7 Å². The molecule has 0 atom stereocenters. The second-order valence-electron chi connectivity index (χ2n) is 3.56. The minimum absolute atomic E-state index is 0.210. The smallest absolute Gasteiger partial charge is 0.224 e. The maximum atomic E-state index is 10.6. The van der Waals surface area contributed by atoms with Crippen LogP contribution in [0.4, 0.5) is 0 Å². The number of nitrogens with zero attached hydrogens (tertiary/aromatic N) is 1. The minimum atomic E-state index is 0.210. The molecule has 3 heteroatoms. The first kappa shape index (κ1) is 7.10. The molecule has 0 aromatic rings. The van der Waals surface area contributed by atoms with Crippen LogP contribution < -0.4 is 5.43 Å². The molecule has 1 heterocycles. The molecule has 62 valence electrons. The zero-order chi connectivity index (χ0) is 7.73. The molecule has 0 radical (unpaired) electrons. The van der Waals surface area contributed by atoms with Crippen LogP contribution in [-0.4, -0.2) is 23.5 Å². The summed E-state index contributed by atoms with van der Waals surface area (Å²) in [6.07, 6.45) is 7.04. The molecule has 1 N–H and O–H groups in total. The number of rotatable bonds is 1. The van der Waals surface area contributed by atoms with Crippen LogP contribution in [0.2, 0.25) is 0 Å². The van der Waals surface area contributed by atoms with Crippen molar-refractivity contribution in [1.82, 2.24) is 10.4 Å². The lowest BCUT2D eigenvalue weighted by Crippen LogP contribution is -2.45. The molecule has 0 aromatic carbocycles. The van der Waals surface area contributed by atoms with Gasteiger partial charge in [0.2, 0.25) is 6.41 Å². The topological polar surface area (TPSA) is 32.3 Å². The second kappa shape index (κ2) is 2.48. The van der Waals surface area contributed by atoms with Gasteiger partial charge in [-0.15, -0.1) is 0 Å². The standard InChI is InChI=1S/C8H14N2O/c11-7-10-8(5-6-9-10)3-1-2-4-8/h7,9H,1-6H2. The summed E-state index contributed by atoms with van der Waals surface area (Å²) in [7, 11) is 0. The van der Waals surface area contributed by atoms with E-state index in [0.717, 1.165) is 19.4 Å². The monoisotopic (exact) mass is 154 g/mol. The fourth-order valence-corrected chi connectivity index (χ4v) is 2.37. The van der Waals surface area contributed by atoms with E-state index in [2.05, 4.69) is 5.43 Å². The Morgan fingerprint density at radius 2 is 2.00 bits per heavy atom. The summed E-state index contributed by atoms with van der Waals surface area (Å²) in [6, 6.07) is 0. The van der Waals surface area contributed by atoms with E-state index in [-0.39, 0.29) is 5.54 Å². The molecule has 2 fully saturated rings. The third-order valence-corrected chi connectivity index (χ3v) is 3.02. The molecule has 1 spiro atoms. The number of nitrogens with one attached hydrogen (secondary N) is 1. The number of carbonyl (C=O) groups excluding carboxylic acids is 1. The molecule has 0 unspecified atom stereocenters. The average molecular weight is 154 g/mol. The van der Waals surface area contributed by atoms with Crippen molar-refractivity contribution in [3.63, 3.8) is 0 Å². The first-order valence-electron chi connectivity index (χ1n) is 4.36. The van der Waals surface area contributed by atoms with Crippen LogP contribution in [-0.2, 0) is 4.79 Å². The zero-order valence-corrected chi connectivity index (χ0v) is 6.68. The highest BCUT2D eigenvalue weighted by molar-refractivity contribution is 5.49. The SMILES string of the molecule is O=CN1NCCC12CCCC2. The van der Waals surface area contributed by atoms with Crippen molar-refractivity contribution in [3.05, 3.63) is 0 Å². The number of hydrogen-bond acceptors (Lipinski definition) is 2. The normalized spacial score (nSPS) is 28.2. The van der Waals surface area contributed by atoms with Gasteiger partial charge in [0.05, 0.1) is 5.54 Å². The summed E-state index contributed by atoms with van der Waals surface area (Å²) in [4.78, 5) is 10.6. The first-order chi connectivity index (χ1) is 5.37. The van der Waals surface area contributed by atoms with Crippen molar-refractivity contribution in [1.29, 1.82) is 0 Å². The van der Waals surface area contributed by atoms with Gasteiger partial charge in [-0.25, -0.2) is 5.43 Å². The van der Waals surface area contributed by atoms with Crippen molar-refractivity contribution >= 4 is 6.41 Å². The largest absolute Gasteiger partial charge is 0.277 e. The molecule has 0 bridgehead atoms. The van der Waals surface area contributed by atoms with Gasteiger partial charge in [0, 0.05) is 6.54 Å². The van der Waals surface area contributed by atoms with E-state index >= 15 is 0 Å². The minimum Gasteiger partial charge on any atom is -0.277 e. The third-order valence-electron chi connectivity index (χ3n) is 3.02. The van der Waals surface area contributed by atoms with Crippen LogP contribution in [0.1, 0.15) is 32.1 Å². The maximum absolute atomic E-state index is 10.6. The maximum Gasteiger partial charge on any atom is 0.224 e. The Hall–Kier alpha value is -0.570. The average Bonchev–Trinajstić information content (AvgIpc) is 2.62. The van der Waals surface area contributed by atoms with E-state index in [1.165, 1.54) is 25.7 Å². The van der Waals surface area contributed by atoms with Crippen LogP contribution in [0.5, 0.6) is 0 Å². The number of amides is 1.